The van der Waals surface area contributed by atoms with Crippen molar-refractivity contribution in [3.63, 3.8) is 0 Å². The van der Waals surface area contributed by atoms with Crippen LogP contribution in [0.4, 0.5) is 5.69 Å². The van der Waals surface area contributed by atoms with Gasteiger partial charge in [0, 0.05) is 18.0 Å². The number of hydrogen-bond donors (Lipinski definition) is 2. The number of nitrogens with one attached hydrogen (secondary N) is 1. The number of carboxylic acid groups (broad SMARTS) is 1. The zero-order chi connectivity index (χ0) is 14.9. The van der Waals surface area contributed by atoms with Gasteiger partial charge in [-0.1, -0.05) is 0 Å². The first-order valence-electron chi connectivity index (χ1n) is 5.59. The molecule has 8 heteroatoms. The summed E-state index contributed by atoms with van der Waals surface area (Å²) in [7, 11) is -3.91. The van der Waals surface area contributed by atoms with Crippen molar-refractivity contribution >= 4 is 21.7 Å². The van der Waals surface area contributed by atoms with Gasteiger partial charge in [-0.2, -0.15) is 0 Å². The number of hydrogen-bond acceptors (Lipinski definition) is 5. The number of carboxylic acids is 1. The number of aromatic carboxylic acids is 1. The highest BCUT2D eigenvalue weighted by Gasteiger charge is 2.23. The molecule has 106 valence electrons. The van der Waals surface area contributed by atoms with Gasteiger partial charge in [0.2, 0.25) is 5.76 Å². The largest absolute Gasteiger partial charge is 0.475 e. The van der Waals surface area contributed by atoms with Gasteiger partial charge < -0.3 is 9.52 Å². The van der Waals surface area contributed by atoms with Gasteiger partial charge in [-0.25, -0.2) is 13.2 Å². The first-order valence-corrected chi connectivity index (χ1v) is 7.07. The van der Waals surface area contributed by atoms with Gasteiger partial charge in [0.05, 0.1) is 5.69 Å². The van der Waals surface area contributed by atoms with Crippen molar-refractivity contribution in [3.05, 3.63) is 41.6 Å². The summed E-state index contributed by atoms with van der Waals surface area (Å²) in [6.45, 7) is 3.11. The van der Waals surface area contributed by atoms with E-state index in [-0.39, 0.29) is 10.7 Å². The Labute approximate surface area is 115 Å². The van der Waals surface area contributed by atoms with Crippen molar-refractivity contribution in [2.24, 2.45) is 0 Å². The molecule has 0 aliphatic heterocycles. The Bertz CT molecular complexity index is 764. The number of carbonyl (C=O) groups is 1. The van der Waals surface area contributed by atoms with Crippen LogP contribution in [0.5, 0.6) is 0 Å². The van der Waals surface area contributed by atoms with E-state index >= 15 is 0 Å². The second-order valence-corrected chi connectivity index (χ2v) is 5.78. The van der Waals surface area contributed by atoms with Gasteiger partial charge in [0.15, 0.2) is 0 Å². The minimum Gasteiger partial charge on any atom is -0.475 e. The molecule has 0 unspecified atom stereocenters. The van der Waals surface area contributed by atoms with Crippen molar-refractivity contribution in [1.29, 1.82) is 0 Å². The third kappa shape index (κ3) is 2.80. The Morgan fingerprint density at radius 3 is 2.60 bits per heavy atom. The van der Waals surface area contributed by atoms with E-state index in [2.05, 4.69) is 9.71 Å². The van der Waals surface area contributed by atoms with E-state index in [0.717, 1.165) is 6.07 Å². The molecule has 20 heavy (non-hydrogen) atoms. The number of aromatic nitrogens is 1. The molecule has 2 N–H and O–H groups in total. The van der Waals surface area contributed by atoms with Gasteiger partial charge >= 0.3 is 5.97 Å². The van der Waals surface area contributed by atoms with E-state index in [9.17, 15) is 13.2 Å². The summed E-state index contributed by atoms with van der Waals surface area (Å²) in [6.07, 6.45) is 1.47. The number of nitrogens with zero attached hydrogens (tertiary/aromatic N) is 1. The molecule has 0 aliphatic carbocycles. The van der Waals surface area contributed by atoms with Crippen molar-refractivity contribution in [2.45, 2.75) is 18.7 Å². The number of furan rings is 1. The maximum Gasteiger partial charge on any atom is 0.371 e. The molecule has 0 aliphatic rings. The first kappa shape index (κ1) is 14.1. The summed E-state index contributed by atoms with van der Waals surface area (Å²) >= 11 is 0. The van der Waals surface area contributed by atoms with Crippen LogP contribution in [0.25, 0.3) is 0 Å². The molecular weight excluding hydrogens is 284 g/mol. The molecule has 2 aromatic heterocycles. The molecule has 2 aromatic rings. The fourth-order valence-corrected chi connectivity index (χ4v) is 2.89. The fourth-order valence-electron chi connectivity index (χ4n) is 1.66. The SMILES string of the molecule is Cc1cc(NS(=O)(=O)c2cc(C(=O)O)oc2C)ccn1. The van der Waals surface area contributed by atoms with E-state index in [1.807, 2.05) is 0 Å². The predicted molar refractivity (Wildman–Crippen MR) is 70.2 cm³/mol. The second kappa shape index (κ2) is 4.97. The lowest BCUT2D eigenvalue weighted by Crippen LogP contribution is -2.13. The smallest absolute Gasteiger partial charge is 0.371 e. The number of pyridine rings is 1. The molecule has 0 saturated heterocycles. The zero-order valence-electron chi connectivity index (χ0n) is 10.7. The van der Waals surface area contributed by atoms with Gasteiger partial charge in [-0.3, -0.25) is 9.71 Å². The van der Waals surface area contributed by atoms with Crippen LogP contribution in [0.15, 0.2) is 33.7 Å². The number of aryl methyl sites for hydroxylation is 2. The molecular formula is C12H12N2O5S. The van der Waals surface area contributed by atoms with Crippen LogP contribution in [-0.2, 0) is 10.0 Å². The van der Waals surface area contributed by atoms with E-state index < -0.39 is 21.8 Å². The monoisotopic (exact) mass is 296 g/mol. The Balaban J connectivity index is 2.38. The molecule has 2 heterocycles. The van der Waals surface area contributed by atoms with Crippen molar-refractivity contribution in [3.8, 4) is 0 Å². The normalized spacial score (nSPS) is 11.3. The van der Waals surface area contributed by atoms with Crippen molar-refractivity contribution in [2.75, 3.05) is 4.72 Å². The molecule has 0 atom stereocenters. The van der Waals surface area contributed by atoms with Crippen molar-refractivity contribution in [1.82, 2.24) is 4.98 Å². The number of anilines is 1. The minimum atomic E-state index is -3.91. The highest BCUT2D eigenvalue weighted by atomic mass is 32.2. The lowest BCUT2D eigenvalue weighted by molar-refractivity contribution is 0.0661. The predicted octanol–water partition coefficient (Wildman–Crippen LogP) is 1.79. The molecule has 2 rings (SSSR count). The van der Waals surface area contributed by atoms with Gasteiger partial charge in [0.1, 0.15) is 10.7 Å². The molecule has 0 radical (unpaired) electrons. The van der Waals surface area contributed by atoms with E-state index in [1.54, 1.807) is 13.0 Å². The first-order chi connectivity index (χ1) is 9.29. The lowest BCUT2D eigenvalue weighted by atomic mass is 10.3. The highest BCUT2D eigenvalue weighted by molar-refractivity contribution is 7.92. The Morgan fingerprint density at radius 2 is 2.05 bits per heavy atom. The molecule has 0 fully saturated rings. The van der Waals surface area contributed by atoms with Crippen molar-refractivity contribution < 1.29 is 22.7 Å². The van der Waals surface area contributed by atoms with E-state index in [4.69, 9.17) is 9.52 Å². The average molecular weight is 296 g/mol. The van der Waals surface area contributed by atoms with Crippen LogP contribution in [0, 0.1) is 13.8 Å². The molecule has 0 bridgehead atoms. The van der Waals surface area contributed by atoms with Crippen LogP contribution in [0.2, 0.25) is 0 Å². The summed E-state index contributed by atoms with van der Waals surface area (Å²) < 4.78 is 31.6. The zero-order valence-corrected chi connectivity index (χ0v) is 11.6. The van der Waals surface area contributed by atoms with Crippen LogP contribution < -0.4 is 4.72 Å². The summed E-state index contributed by atoms with van der Waals surface area (Å²) in [5.74, 6) is -1.73. The van der Waals surface area contributed by atoms with Gasteiger partial charge in [-0.15, -0.1) is 0 Å². The maximum atomic E-state index is 12.2. The fraction of sp³-hybridized carbons (Fsp3) is 0.167. The van der Waals surface area contributed by atoms with Gasteiger partial charge in [-0.05, 0) is 26.0 Å². The maximum absolute atomic E-state index is 12.2. The summed E-state index contributed by atoms with van der Waals surface area (Å²) in [5, 5.41) is 8.80. The molecule has 0 spiro atoms. The third-order valence-corrected chi connectivity index (χ3v) is 4.01. The molecule has 0 aromatic carbocycles. The van der Waals surface area contributed by atoms with E-state index in [1.165, 1.54) is 19.2 Å². The van der Waals surface area contributed by atoms with Crippen LogP contribution in [-0.4, -0.2) is 24.5 Å². The summed E-state index contributed by atoms with van der Waals surface area (Å²) in [4.78, 5) is 14.5. The molecule has 0 saturated carbocycles. The van der Waals surface area contributed by atoms with Crippen LogP contribution in [0.1, 0.15) is 22.0 Å². The molecule has 7 nitrogen and oxygen atoms in total. The molecule has 0 amide bonds. The van der Waals surface area contributed by atoms with Crippen LogP contribution >= 0.6 is 0 Å². The average Bonchev–Trinajstić information content (AvgIpc) is 2.71. The quantitative estimate of drug-likeness (QED) is 0.890. The Hall–Kier alpha value is -2.35. The number of sulfonamides is 1. The van der Waals surface area contributed by atoms with Gasteiger partial charge in [0.25, 0.3) is 10.0 Å². The second-order valence-electron chi connectivity index (χ2n) is 4.13. The lowest BCUT2D eigenvalue weighted by Gasteiger charge is -2.07. The summed E-state index contributed by atoms with van der Waals surface area (Å²) in [6, 6.07) is 4.04. The van der Waals surface area contributed by atoms with Crippen LogP contribution in [0.3, 0.4) is 0 Å². The highest BCUT2D eigenvalue weighted by Crippen LogP contribution is 2.23. The third-order valence-electron chi connectivity index (χ3n) is 2.52. The Kier molecular flexibility index (Phi) is 3.49. The topological polar surface area (TPSA) is 110 Å². The standard InChI is InChI=1S/C12H12N2O5S/c1-7-5-9(3-4-13-7)14-20(17,18)11-6-10(12(15)16)19-8(11)2/h3-6H,1-2H3,(H,13,14)(H,15,16). The van der Waals surface area contributed by atoms with E-state index in [0.29, 0.717) is 11.4 Å². The minimum absolute atomic E-state index is 0.0145. The number of rotatable bonds is 4. The summed E-state index contributed by atoms with van der Waals surface area (Å²) in [5.41, 5.74) is 0.996. The Morgan fingerprint density at radius 1 is 1.35 bits per heavy atom.